The van der Waals surface area contributed by atoms with E-state index in [1.807, 2.05) is 13.0 Å². The van der Waals surface area contributed by atoms with Crippen molar-refractivity contribution in [1.82, 2.24) is 19.8 Å². The number of rotatable bonds is 5. The van der Waals surface area contributed by atoms with Crippen LogP contribution in [0, 0.1) is 0 Å². The van der Waals surface area contributed by atoms with Crippen molar-refractivity contribution in [2.24, 2.45) is 0 Å². The van der Waals surface area contributed by atoms with E-state index in [4.69, 9.17) is 4.74 Å². The average Bonchev–Trinajstić information content (AvgIpc) is 3.10. The number of carbonyl (C=O) groups is 1. The van der Waals surface area contributed by atoms with Crippen molar-refractivity contribution in [2.45, 2.75) is 25.6 Å². The van der Waals surface area contributed by atoms with E-state index in [2.05, 4.69) is 44.1 Å². The van der Waals surface area contributed by atoms with Gasteiger partial charge in [0.1, 0.15) is 4.88 Å². The summed E-state index contributed by atoms with van der Waals surface area (Å²) in [5, 5.41) is 6.67. The molecule has 1 aliphatic rings. The second-order valence-electron chi connectivity index (χ2n) is 5.67. The third-order valence-electron chi connectivity index (χ3n) is 3.93. The molecular weight excluding hydrogens is 312 g/mol. The Labute approximate surface area is 139 Å². The molecule has 1 fully saturated rings. The van der Waals surface area contributed by atoms with E-state index in [1.54, 1.807) is 0 Å². The zero-order chi connectivity index (χ0) is 16.1. The molecule has 1 amide bonds. The molecule has 1 saturated heterocycles. The van der Waals surface area contributed by atoms with Gasteiger partial charge in [0.2, 0.25) is 0 Å². The topological polar surface area (TPSA) is 67.4 Å². The quantitative estimate of drug-likeness (QED) is 0.900. The first-order chi connectivity index (χ1) is 11.2. The fourth-order valence-corrected chi connectivity index (χ4v) is 3.08. The highest BCUT2D eigenvalue weighted by atomic mass is 32.1. The molecule has 1 N–H and O–H groups in total. The normalized spacial score (nSPS) is 20.1. The molecule has 1 aliphatic heterocycles. The molecule has 23 heavy (non-hydrogen) atoms. The zero-order valence-corrected chi connectivity index (χ0v) is 13.8. The second kappa shape index (κ2) is 7.63. The monoisotopic (exact) mass is 332 g/mol. The van der Waals surface area contributed by atoms with Gasteiger partial charge in [0.15, 0.2) is 0 Å². The van der Waals surface area contributed by atoms with Gasteiger partial charge in [0, 0.05) is 19.6 Å². The number of benzene rings is 1. The van der Waals surface area contributed by atoms with Gasteiger partial charge in [0.05, 0.1) is 24.9 Å². The van der Waals surface area contributed by atoms with Crippen molar-refractivity contribution >= 4 is 17.4 Å². The van der Waals surface area contributed by atoms with Gasteiger partial charge in [-0.15, -0.1) is 5.10 Å². The number of amides is 1. The number of aromatic nitrogens is 2. The minimum atomic E-state index is -0.142. The Morgan fingerprint density at radius 2 is 2.30 bits per heavy atom. The molecule has 1 aromatic carbocycles. The van der Waals surface area contributed by atoms with E-state index in [0.717, 1.165) is 31.2 Å². The second-order valence-corrected chi connectivity index (χ2v) is 6.46. The van der Waals surface area contributed by atoms with Crippen LogP contribution in [0.2, 0.25) is 0 Å². The molecule has 7 heteroatoms. The summed E-state index contributed by atoms with van der Waals surface area (Å²) in [7, 11) is 0. The molecule has 3 rings (SSSR count). The first-order valence-corrected chi connectivity index (χ1v) is 8.46. The van der Waals surface area contributed by atoms with Gasteiger partial charge in [-0.05, 0) is 24.0 Å². The van der Waals surface area contributed by atoms with Crippen LogP contribution in [0.3, 0.4) is 0 Å². The molecule has 122 valence electrons. The lowest BCUT2D eigenvalue weighted by Gasteiger charge is -2.36. The third-order valence-corrected chi connectivity index (χ3v) is 4.59. The van der Waals surface area contributed by atoms with Gasteiger partial charge in [-0.25, -0.2) is 0 Å². The van der Waals surface area contributed by atoms with Crippen molar-refractivity contribution in [3.8, 4) is 0 Å². The van der Waals surface area contributed by atoms with Gasteiger partial charge in [-0.1, -0.05) is 34.8 Å². The van der Waals surface area contributed by atoms with Crippen LogP contribution in [0.15, 0.2) is 36.5 Å². The van der Waals surface area contributed by atoms with Crippen LogP contribution in [0.5, 0.6) is 0 Å². The van der Waals surface area contributed by atoms with Crippen LogP contribution in [-0.2, 0) is 11.3 Å². The van der Waals surface area contributed by atoms with E-state index in [-0.39, 0.29) is 18.1 Å². The molecule has 2 atom stereocenters. The summed E-state index contributed by atoms with van der Waals surface area (Å²) < 4.78 is 9.55. The van der Waals surface area contributed by atoms with Gasteiger partial charge in [0.25, 0.3) is 5.91 Å². The molecule has 2 aromatic rings. The lowest BCUT2D eigenvalue weighted by atomic mass is 10.1. The predicted octanol–water partition coefficient (Wildman–Crippen LogP) is 1.56. The zero-order valence-electron chi connectivity index (χ0n) is 13.0. The standard InChI is InChI=1S/C16H20N4O2S/c1-12(18-16(21)15-9-17-19-23-15)14-11-20(7-8-22-14)10-13-5-3-2-4-6-13/h2-6,9,12,14H,7-8,10-11H2,1H3,(H,18,21)/t12-,14-/m0/s1. The van der Waals surface area contributed by atoms with Crippen molar-refractivity contribution in [1.29, 1.82) is 0 Å². The highest BCUT2D eigenvalue weighted by Gasteiger charge is 2.27. The third kappa shape index (κ3) is 4.34. The van der Waals surface area contributed by atoms with Gasteiger partial charge in [-0.2, -0.15) is 0 Å². The summed E-state index contributed by atoms with van der Waals surface area (Å²) in [6.07, 6.45) is 1.47. The largest absolute Gasteiger partial charge is 0.373 e. The molecule has 0 unspecified atom stereocenters. The Kier molecular flexibility index (Phi) is 5.32. The molecule has 0 saturated carbocycles. The van der Waals surface area contributed by atoms with Crippen molar-refractivity contribution in [2.75, 3.05) is 19.7 Å². The Bertz CT molecular complexity index is 620. The Morgan fingerprint density at radius 3 is 3.04 bits per heavy atom. The summed E-state index contributed by atoms with van der Waals surface area (Å²) in [6, 6.07) is 10.3. The first kappa shape index (κ1) is 16.0. The van der Waals surface area contributed by atoms with Crippen molar-refractivity contribution in [3.63, 3.8) is 0 Å². The predicted molar refractivity (Wildman–Crippen MR) is 88.3 cm³/mol. The van der Waals surface area contributed by atoms with Crippen LogP contribution in [0.4, 0.5) is 0 Å². The van der Waals surface area contributed by atoms with Gasteiger partial charge < -0.3 is 10.1 Å². The molecule has 0 bridgehead atoms. The Balaban J connectivity index is 1.54. The van der Waals surface area contributed by atoms with E-state index in [1.165, 1.54) is 11.8 Å². The Morgan fingerprint density at radius 1 is 1.48 bits per heavy atom. The van der Waals surface area contributed by atoms with Crippen LogP contribution in [0.1, 0.15) is 22.2 Å². The minimum absolute atomic E-state index is 0.0164. The van der Waals surface area contributed by atoms with Crippen molar-refractivity contribution in [3.05, 3.63) is 47.0 Å². The number of nitrogens with one attached hydrogen (secondary N) is 1. The van der Waals surface area contributed by atoms with Crippen LogP contribution in [-0.4, -0.2) is 52.2 Å². The Hall–Kier alpha value is -1.83. The molecule has 2 heterocycles. The summed E-state index contributed by atoms with van der Waals surface area (Å²) in [6.45, 7) is 5.27. The first-order valence-electron chi connectivity index (χ1n) is 7.68. The maximum atomic E-state index is 12.1. The lowest BCUT2D eigenvalue weighted by molar-refractivity contribution is -0.0449. The highest BCUT2D eigenvalue weighted by Crippen LogP contribution is 2.13. The van der Waals surface area contributed by atoms with E-state index >= 15 is 0 Å². The van der Waals surface area contributed by atoms with Gasteiger partial charge in [-0.3, -0.25) is 9.69 Å². The minimum Gasteiger partial charge on any atom is -0.373 e. The van der Waals surface area contributed by atoms with E-state index in [0.29, 0.717) is 11.5 Å². The number of hydrogen-bond acceptors (Lipinski definition) is 6. The summed E-state index contributed by atoms with van der Waals surface area (Å²) in [4.78, 5) is 15.0. The smallest absolute Gasteiger partial charge is 0.264 e. The number of ether oxygens (including phenoxy) is 1. The highest BCUT2D eigenvalue weighted by molar-refractivity contribution is 7.07. The number of carbonyl (C=O) groups excluding carboxylic acids is 1. The number of nitrogens with zero attached hydrogens (tertiary/aromatic N) is 3. The van der Waals surface area contributed by atoms with Crippen LogP contribution < -0.4 is 5.32 Å². The summed E-state index contributed by atoms with van der Waals surface area (Å²) in [5.41, 5.74) is 1.29. The molecule has 6 nitrogen and oxygen atoms in total. The SMILES string of the molecule is C[C@H](NC(=O)c1cnns1)[C@@H]1CN(Cc2ccccc2)CCO1. The summed E-state index contributed by atoms with van der Waals surface area (Å²) in [5.74, 6) is -0.142. The number of hydrogen-bond donors (Lipinski definition) is 1. The molecule has 1 aromatic heterocycles. The maximum absolute atomic E-state index is 12.1. The van der Waals surface area contributed by atoms with E-state index in [9.17, 15) is 4.79 Å². The average molecular weight is 332 g/mol. The fourth-order valence-electron chi connectivity index (χ4n) is 2.66. The molecule has 0 radical (unpaired) electrons. The van der Waals surface area contributed by atoms with Gasteiger partial charge >= 0.3 is 0 Å². The van der Waals surface area contributed by atoms with Crippen LogP contribution >= 0.6 is 11.5 Å². The van der Waals surface area contributed by atoms with Crippen LogP contribution in [0.25, 0.3) is 0 Å². The fraction of sp³-hybridized carbons (Fsp3) is 0.438. The molecular formula is C16H20N4O2S. The molecule has 0 spiro atoms. The summed E-state index contributed by atoms with van der Waals surface area (Å²) >= 11 is 1.10. The lowest BCUT2D eigenvalue weighted by Crippen LogP contribution is -2.51. The molecule has 0 aliphatic carbocycles. The van der Waals surface area contributed by atoms with E-state index < -0.39 is 0 Å². The maximum Gasteiger partial charge on any atom is 0.264 e. The number of morpholine rings is 1. The van der Waals surface area contributed by atoms with Crippen molar-refractivity contribution < 1.29 is 9.53 Å².